The highest BCUT2D eigenvalue weighted by Crippen LogP contribution is 2.28. The summed E-state index contributed by atoms with van der Waals surface area (Å²) in [4.78, 5) is -0.594. The predicted molar refractivity (Wildman–Crippen MR) is 61.3 cm³/mol. The summed E-state index contributed by atoms with van der Waals surface area (Å²) in [5, 5.41) is -1.61. The van der Waals surface area contributed by atoms with Gasteiger partial charge in [-0.25, -0.2) is 0 Å². The molecular weight excluding hydrogens is 292 g/mol. The number of alkyl halides is 1. The first-order chi connectivity index (χ1) is 7.68. The minimum Gasteiger partial charge on any atom is -0.285 e. The Hall–Kier alpha value is -0.670. The van der Waals surface area contributed by atoms with E-state index in [1.807, 2.05) is 0 Å². The fraction of sp³-hybridized carbons (Fsp3) is 0.250. The average molecular weight is 301 g/mol. The van der Waals surface area contributed by atoms with Crippen LogP contribution in [0.5, 0.6) is 0 Å². The first-order valence-electron chi connectivity index (χ1n) is 4.26. The molecule has 0 aliphatic heterocycles. The summed E-state index contributed by atoms with van der Waals surface area (Å²) in [5.41, 5.74) is -0.271. The quantitative estimate of drug-likeness (QED) is 0.636. The van der Waals surface area contributed by atoms with Crippen molar-refractivity contribution in [2.24, 2.45) is 0 Å². The van der Waals surface area contributed by atoms with Crippen LogP contribution in [0.4, 0.5) is 0 Å². The van der Waals surface area contributed by atoms with E-state index >= 15 is 0 Å². The molecule has 0 heterocycles. The maximum Gasteiger partial charge on any atom is 0.294 e. The molecule has 96 valence electrons. The first-order valence-corrected chi connectivity index (χ1v) is 7.74. The van der Waals surface area contributed by atoms with Crippen molar-refractivity contribution in [2.75, 3.05) is 5.88 Å². The van der Waals surface area contributed by atoms with Crippen LogP contribution in [0.3, 0.4) is 0 Å². The van der Waals surface area contributed by atoms with Crippen LogP contribution in [0.25, 0.3) is 0 Å². The molecule has 1 aromatic carbocycles. The summed E-state index contributed by atoms with van der Waals surface area (Å²) in [7, 11) is -9.14. The second-order valence-electron chi connectivity index (χ2n) is 3.17. The molecule has 0 amide bonds. The largest absolute Gasteiger partial charge is 0.294 e. The Balaban J connectivity index is 3.52. The molecule has 1 aromatic rings. The maximum absolute atomic E-state index is 11.0. The van der Waals surface area contributed by atoms with Gasteiger partial charge >= 0.3 is 0 Å². The smallest absolute Gasteiger partial charge is 0.285 e. The van der Waals surface area contributed by atoms with Gasteiger partial charge in [0.15, 0.2) is 0 Å². The summed E-state index contributed by atoms with van der Waals surface area (Å²) in [5.74, 6) is -0.536. The number of hydrogen-bond donors (Lipinski definition) is 2. The molecule has 0 fully saturated rings. The Labute approximate surface area is 104 Å². The lowest BCUT2D eigenvalue weighted by Crippen LogP contribution is -2.17. The van der Waals surface area contributed by atoms with Crippen molar-refractivity contribution < 1.29 is 25.9 Å². The number of halogens is 1. The van der Waals surface area contributed by atoms with Crippen LogP contribution in [-0.4, -0.2) is 31.8 Å². The SMILES string of the molecule is O=S(=O)(O)c1ccccc1C(CCl)S(=O)(=O)O. The third-order valence-corrected chi connectivity index (χ3v) is 4.60. The zero-order valence-electron chi connectivity index (χ0n) is 8.32. The van der Waals surface area contributed by atoms with Gasteiger partial charge in [-0.15, -0.1) is 11.6 Å². The Morgan fingerprint density at radius 1 is 1.12 bits per heavy atom. The van der Waals surface area contributed by atoms with E-state index in [4.69, 9.17) is 20.7 Å². The van der Waals surface area contributed by atoms with Crippen molar-refractivity contribution in [1.29, 1.82) is 0 Å². The zero-order valence-corrected chi connectivity index (χ0v) is 10.7. The van der Waals surface area contributed by atoms with Crippen LogP contribution in [0.2, 0.25) is 0 Å². The van der Waals surface area contributed by atoms with Crippen molar-refractivity contribution in [3.05, 3.63) is 29.8 Å². The van der Waals surface area contributed by atoms with Crippen LogP contribution in [0.1, 0.15) is 10.8 Å². The fourth-order valence-electron chi connectivity index (χ4n) is 1.30. The molecule has 1 atom stereocenters. The molecule has 0 bridgehead atoms. The summed E-state index contributed by atoms with van der Waals surface area (Å²) in [6, 6.07) is 4.86. The van der Waals surface area contributed by atoms with Gasteiger partial charge < -0.3 is 0 Å². The number of benzene rings is 1. The lowest BCUT2D eigenvalue weighted by Gasteiger charge is -2.13. The molecule has 17 heavy (non-hydrogen) atoms. The zero-order chi connectivity index (χ0) is 13.3. The summed E-state index contributed by atoms with van der Waals surface area (Å²) in [6.45, 7) is 0. The summed E-state index contributed by atoms with van der Waals surface area (Å²) >= 11 is 5.39. The van der Waals surface area contributed by atoms with E-state index in [9.17, 15) is 16.8 Å². The molecule has 0 aliphatic rings. The van der Waals surface area contributed by atoms with Crippen LogP contribution in [0, 0.1) is 0 Å². The maximum atomic E-state index is 11.0. The molecule has 9 heteroatoms. The number of rotatable bonds is 4. The molecule has 2 N–H and O–H groups in total. The average Bonchev–Trinajstić information content (AvgIpc) is 2.15. The van der Waals surface area contributed by atoms with Gasteiger partial charge in [-0.05, 0) is 11.6 Å². The van der Waals surface area contributed by atoms with Gasteiger partial charge in [0.05, 0.1) is 4.90 Å². The molecule has 0 spiro atoms. The topological polar surface area (TPSA) is 109 Å². The Bertz CT molecular complexity index is 607. The van der Waals surface area contributed by atoms with Crippen LogP contribution >= 0.6 is 11.6 Å². The van der Waals surface area contributed by atoms with Gasteiger partial charge in [-0.2, -0.15) is 16.8 Å². The third kappa shape index (κ3) is 3.39. The van der Waals surface area contributed by atoms with Crippen LogP contribution in [0.15, 0.2) is 29.2 Å². The minimum absolute atomic E-state index is 0.271. The van der Waals surface area contributed by atoms with Crippen molar-refractivity contribution >= 4 is 31.8 Å². The van der Waals surface area contributed by atoms with Crippen molar-refractivity contribution in [3.8, 4) is 0 Å². The van der Waals surface area contributed by atoms with Gasteiger partial charge in [0.25, 0.3) is 20.2 Å². The van der Waals surface area contributed by atoms with E-state index in [1.165, 1.54) is 12.1 Å². The first kappa shape index (κ1) is 14.4. The summed E-state index contributed by atoms with van der Waals surface area (Å²) in [6.07, 6.45) is 0. The summed E-state index contributed by atoms with van der Waals surface area (Å²) < 4.78 is 62.0. The second-order valence-corrected chi connectivity index (χ2v) is 6.47. The van der Waals surface area contributed by atoms with Gasteiger partial charge in [0.2, 0.25) is 0 Å². The molecule has 0 saturated carbocycles. The van der Waals surface area contributed by atoms with E-state index in [1.54, 1.807) is 0 Å². The molecule has 0 saturated heterocycles. The van der Waals surface area contributed by atoms with E-state index in [2.05, 4.69) is 0 Å². The predicted octanol–water partition coefficient (Wildman–Crippen LogP) is 1.10. The fourth-order valence-corrected chi connectivity index (χ4v) is 3.47. The van der Waals surface area contributed by atoms with Crippen LogP contribution < -0.4 is 0 Å². The normalized spacial score (nSPS) is 14.5. The van der Waals surface area contributed by atoms with Gasteiger partial charge in [0, 0.05) is 5.88 Å². The van der Waals surface area contributed by atoms with Crippen molar-refractivity contribution in [2.45, 2.75) is 10.1 Å². The Morgan fingerprint density at radius 2 is 1.65 bits per heavy atom. The minimum atomic E-state index is -4.58. The van der Waals surface area contributed by atoms with Gasteiger partial charge in [0.1, 0.15) is 5.25 Å². The molecule has 6 nitrogen and oxygen atoms in total. The van der Waals surface area contributed by atoms with Gasteiger partial charge in [-0.3, -0.25) is 9.11 Å². The molecule has 0 aliphatic carbocycles. The molecule has 1 unspecified atom stereocenters. The number of hydrogen-bond acceptors (Lipinski definition) is 4. The highest BCUT2D eigenvalue weighted by molar-refractivity contribution is 7.87. The van der Waals surface area contributed by atoms with Crippen molar-refractivity contribution in [1.82, 2.24) is 0 Å². The highest BCUT2D eigenvalue weighted by atomic mass is 35.5. The Kier molecular flexibility index (Phi) is 4.15. The molecule has 0 radical (unpaired) electrons. The van der Waals surface area contributed by atoms with Crippen molar-refractivity contribution in [3.63, 3.8) is 0 Å². The molecular formula is C8H9ClO6S2. The monoisotopic (exact) mass is 300 g/mol. The lowest BCUT2D eigenvalue weighted by atomic mass is 10.2. The third-order valence-electron chi connectivity index (χ3n) is 2.04. The molecule has 1 rings (SSSR count). The molecule has 0 aromatic heterocycles. The van der Waals surface area contributed by atoms with E-state index in [0.717, 1.165) is 12.1 Å². The van der Waals surface area contributed by atoms with E-state index in [0.29, 0.717) is 0 Å². The second kappa shape index (κ2) is 4.91. The van der Waals surface area contributed by atoms with E-state index < -0.39 is 36.3 Å². The van der Waals surface area contributed by atoms with Crippen LogP contribution in [-0.2, 0) is 20.2 Å². The van der Waals surface area contributed by atoms with E-state index in [-0.39, 0.29) is 5.56 Å². The highest BCUT2D eigenvalue weighted by Gasteiger charge is 2.29. The van der Waals surface area contributed by atoms with Gasteiger partial charge in [-0.1, -0.05) is 18.2 Å². The lowest BCUT2D eigenvalue weighted by molar-refractivity contribution is 0.470. The Morgan fingerprint density at radius 3 is 2.06 bits per heavy atom. The standard InChI is InChI=1S/C8H9ClO6S2/c9-5-8(17(13,14)15)6-3-1-2-4-7(6)16(10,11)12/h1-4,8H,5H2,(H,10,11,12)(H,13,14,15).